The largest absolute Gasteiger partial charge is 0.454 e. The number of aromatic nitrogens is 1. The molecule has 5 rings (SSSR count). The third kappa shape index (κ3) is 2.52. The van der Waals surface area contributed by atoms with Crippen LogP contribution in [0, 0.1) is 0 Å². The molecule has 1 N–H and O–H groups in total. The van der Waals surface area contributed by atoms with E-state index in [0.29, 0.717) is 23.7 Å². The zero-order chi connectivity index (χ0) is 17.5. The summed E-state index contributed by atoms with van der Waals surface area (Å²) in [5.41, 5.74) is 1.84. The topological polar surface area (TPSA) is 55.7 Å². The number of rotatable bonds is 2. The number of benzene rings is 1. The van der Waals surface area contributed by atoms with Crippen LogP contribution in [0.15, 0.2) is 54.0 Å². The van der Waals surface area contributed by atoms with E-state index in [1.807, 2.05) is 34.5 Å². The van der Waals surface area contributed by atoms with Gasteiger partial charge in [0, 0.05) is 41.6 Å². The highest BCUT2D eigenvalue weighted by Crippen LogP contribution is 2.37. The Kier molecular flexibility index (Phi) is 3.60. The van der Waals surface area contributed by atoms with E-state index in [1.165, 1.54) is 0 Å². The molecule has 3 aromatic rings. The number of carbonyl (C=O) groups excluding carboxylic acids is 1. The summed E-state index contributed by atoms with van der Waals surface area (Å²) in [6, 6.07) is 13.5. The van der Waals surface area contributed by atoms with Crippen LogP contribution in [0.5, 0.6) is 11.5 Å². The van der Waals surface area contributed by atoms with Gasteiger partial charge in [0.15, 0.2) is 11.5 Å². The number of nitrogens with zero attached hydrogens (tertiary/aromatic N) is 2. The summed E-state index contributed by atoms with van der Waals surface area (Å²) in [6.07, 6.45) is 2.07. The van der Waals surface area contributed by atoms with Gasteiger partial charge >= 0.3 is 6.03 Å². The molecule has 2 aromatic heterocycles. The minimum Gasteiger partial charge on any atom is -0.454 e. The minimum absolute atomic E-state index is 0.0761. The van der Waals surface area contributed by atoms with Crippen molar-refractivity contribution in [3.63, 3.8) is 0 Å². The Labute approximate surface area is 154 Å². The second-order valence-electron chi connectivity index (χ2n) is 6.24. The Morgan fingerprint density at radius 2 is 2.04 bits per heavy atom. The van der Waals surface area contributed by atoms with Crippen LogP contribution in [0.4, 0.5) is 10.5 Å². The Hall–Kier alpha value is -2.93. The van der Waals surface area contributed by atoms with Gasteiger partial charge in [-0.1, -0.05) is 6.07 Å². The Balaban J connectivity index is 1.44. The second kappa shape index (κ2) is 6.10. The van der Waals surface area contributed by atoms with Crippen molar-refractivity contribution in [2.24, 2.45) is 0 Å². The zero-order valence-corrected chi connectivity index (χ0v) is 14.7. The summed E-state index contributed by atoms with van der Waals surface area (Å²) in [5, 5.41) is 5.05. The SMILES string of the molecule is O=C(Nc1ccc2c(c1)OCO2)N1CCn2cccc2[C@H]1c1cccs1. The maximum Gasteiger partial charge on any atom is 0.322 e. The monoisotopic (exact) mass is 367 g/mol. The molecule has 0 saturated carbocycles. The molecule has 7 heteroatoms. The van der Waals surface area contributed by atoms with Crippen LogP contribution in [0.1, 0.15) is 16.6 Å². The Morgan fingerprint density at radius 3 is 2.92 bits per heavy atom. The summed E-state index contributed by atoms with van der Waals surface area (Å²) in [7, 11) is 0. The summed E-state index contributed by atoms with van der Waals surface area (Å²) < 4.78 is 12.9. The van der Waals surface area contributed by atoms with Gasteiger partial charge < -0.3 is 24.3 Å². The Bertz CT molecular complexity index is 951. The van der Waals surface area contributed by atoms with E-state index in [-0.39, 0.29) is 18.9 Å². The van der Waals surface area contributed by atoms with Crippen LogP contribution in [-0.2, 0) is 6.54 Å². The van der Waals surface area contributed by atoms with Crippen molar-refractivity contribution in [3.8, 4) is 11.5 Å². The second-order valence-corrected chi connectivity index (χ2v) is 7.22. The van der Waals surface area contributed by atoms with Gasteiger partial charge in [-0.3, -0.25) is 0 Å². The molecule has 2 aliphatic heterocycles. The molecule has 1 aromatic carbocycles. The highest BCUT2D eigenvalue weighted by molar-refractivity contribution is 7.10. The molecule has 0 bridgehead atoms. The zero-order valence-electron chi connectivity index (χ0n) is 13.9. The van der Waals surface area contributed by atoms with Crippen molar-refractivity contribution in [2.75, 3.05) is 18.7 Å². The van der Waals surface area contributed by atoms with E-state index in [0.717, 1.165) is 17.1 Å². The summed E-state index contributed by atoms with van der Waals surface area (Å²) in [6.45, 7) is 1.66. The maximum absolute atomic E-state index is 13.0. The number of carbonyl (C=O) groups is 1. The lowest BCUT2D eigenvalue weighted by molar-refractivity contribution is 0.174. The number of hydrogen-bond donors (Lipinski definition) is 1. The molecule has 0 fully saturated rings. The first-order valence-corrected chi connectivity index (χ1v) is 9.33. The van der Waals surface area contributed by atoms with Crippen molar-refractivity contribution in [1.82, 2.24) is 9.47 Å². The predicted octanol–water partition coefficient (Wildman–Crippen LogP) is 3.92. The molecule has 6 nitrogen and oxygen atoms in total. The van der Waals surface area contributed by atoms with Crippen molar-refractivity contribution < 1.29 is 14.3 Å². The first kappa shape index (κ1) is 15.3. The molecule has 2 amide bonds. The van der Waals surface area contributed by atoms with Gasteiger partial charge in [-0.2, -0.15) is 0 Å². The highest BCUT2D eigenvalue weighted by Gasteiger charge is 2.33. The first-order valence-electron chi connectivity index (χ1n) is 8.45. The molecule has 0 radical (unpaired) electrons. The number of anilines is 1. The van der Waals surface area contributed by atoms with E-state index in [1.54, 1.807) is 17.4 Å². The fourth-order valence-corrected chi connectivity index (χ4v) is 4.37. The summed E-state index contributed by atoms with van der Waals surface area (Å²) >= 11 is 1.67. The molecule has 132 valence electrons. The molecule has 4 heterocycles. The van der Waals surface area contributed by atoms with Crippen LogP contribution < -0.4 is 14.8 Å². The van der Waals surface area contributed by atoms with E-state index < -0.39 is 0 Å². The van der Waals surface area contributed by atoms with E-state index in [9.17, 15) is 4.79 Å². The van der Waals surface area contributed by atoms with Crippen LogP contribution in [0.2, 0.25) is 0 Å². The standard InChI is InChI=1S/C19H17N3O3S/c23-19(20-13-5-6-15-16(11-13)25-12-24-15)22-9-8-21-7-1-3-14(21)18(22)17-4-2-10-26-17/h1-7,10-11,18H,8-9,12H2,(H,20,23)/t18-/m0/s1. The third-order valence-corrected chi connectivity index (χ3v) is 5.66. The highest BCUT2D eigenvalue weighted by atomic mass is 32.1. The molecular weight excluding hydrogens is 350 g/mol. The first-order chi connectivity index (χ1) is 12.8. The van der Waals surface area contributed by atoms with Gasteiger partial charge in [-0.15, -0.1) is 11.3 Å². The Morgan fingerprint density at radius 1 is 1.12 bits per heavy atom. The normalized spacial score (nSPS) is 17.8. The lowest BCUT2D eigenvalue weighted by atomic mass is 10.1. The third-order valence-electron chi connectivity index (χ3n) is 4.74. The van der Waals surface area contributed by atoms with Gasteiger partial charge in [0.05, 0.1) is 0 Å². The molecular formula is C19H17N3O3S. The lowest BCUT2D eigenvalue weighted by Crippen LogP contribution is -2.44. The number of thiophene rings is 1. The van der Waals surface area contributed by atoms with Crippen LogP contribution in [0.3, 0.4) is 0 Å². The molecule has 1 atom stereocenters. The fraction of sp³-hybridized carbons (Fsp3) is 0.211. The molecule has 0 aliphatic carbocycles. The number of hydrogen-bond acceptors (Lipinski definition) is 4. The number of ether oxygens (including phenoxy) is 2. The van der Waals surface area contributed by atoms with Crippen molar-refractivity contribution in [3.05, 3.63) is 64.6 Å². The number of urea groups is 1. The fourth-order valence-electron chi connectivity index (χ4n) is 3.52. The summed E-state index contributed by atoms with van der Waals surface area (Å²) in [4.78, 5) is 16.1. The van der Waals surface area contributed by atoms with Crippen LogP contribution >= 0.6 is 11.3 Å². The van der Waals surface area contributed by atoms with Gasteiger partial charge in [0.25, 0.3) is 0 Å². The average Bonchev–Trinajstić information content (AvgIpc) is 3.40. The molecule has 0 spiro atoms. The van der Waals surface area contributed by atoms with Gasteiger partial charge in [-0.25, -0.2) is 4.79 Å². The molecule has 0 saturated heterocycles. The van der Waals surface area contributed by atoms with Gasteiger partial charge in [0.1, 0.15) is 6.04 Å². The number of fused-ring (bicyclic) bond motifs is 2. The average molecular weight is 367 g/mol. The van der Waals surface area contributed by atoms with Crippen LogP contribution in [0.25, 0.3) is 0 Å². The lowest BCUT2D eigenvalue weighted by Gasteiger charge is -2.36. The predicted molar refractivity (Wildman–Crippen MR) is 98.9 cm³/mol. The minimum atomic E-state index is -0.116. The van der Waals surface area contributed by atoms with Crippen LogP contribution in [-0.4, -0.2) is 28.8 Å². The molecule has 26 heavy (non-hydrogen) atoms. The molecule has 2 aliphatic rings. The number of amides is 2. The van der Waals surface area contributed by atoms with E-state index >= 15 is 0 Å². The smallest absolute Gasteiger partial charge is 0.322 e. The van der Waals surface area contributed by atoms with Gasteiger partial charge in [0.2, 0.25) is 6.79 Å². The number of nitrogens with one attached hydrogen (secondary N) is 1. The van der Waals surface area contributed by atoms with Gasteiger partial charge in [-0.05, 0) is 35.7 Å². The van der Waals surface area contributed by atoms with E-state index in [2.05, 4.69) is 28.2 Å². The quantitative estimate of drug-likeness (QED) is 0.747. The van der Waals surface area contributed by atoms with Crippen molar-refractivity contribution in [1.29, 1.82) is 0 Å². The van der Waals surface area contributed by atoms with E-state index in [4.69, 9.17) is 9.47 Å². The molecule has 0 unspecified atom stereocenters. The van der Waals surface area contributed by atoms with Crippen molar-refractivity contribution in [2.45, 2.75) is 12.6 Å². The summed E-state index contributed by atoms with van der Waals surface area (Å²) in [5.74, 6) is 1.36. The van der Waals surface area contributed by atoms with Crippen molar-refractivity contribution >= 4 is 23.1 Å². The maximum atomic E-state index is 13.0.